The zero-order chi connectivity index (χ0) is 40.3. The monoisotopic (exact) mass is 764 g/mol. The number of furan rings is 1. The topological polar surface area (TPSA) is 13.1 Å². The summed E-state index contributed by atoms with van der Waals surface area (Å²) in [6.07, 6.45) is 1.93. The Labute approximate surface area is 349 Å². The minimum Gasteiger partial charge on any atom is -0.456 e. The first-order valence-electron chi connectivity index (χ1n) is 20.8. The summed E-state index contributed by atoms with van der Waals surface area (Å²) in [6.45, 7) is 13.6. The summed E-state index contributed by atoms with van der Waals surface area (Å²) in [5.74, 6) is 0. The predicted molar refractivity (Wildman–Crippen MR) is 257 cm³/mol. The van der Waals surface area contributed by atoms with Gasteiger partial charge in [0.15, 0.2) is 0 Å². The van der Waals surface area contributed by atoms with Crippen molar-refractivity contribution < 1.29 is 4.42 Å². The molecule has 1 aliphatic rings. The second kappa shape index (κ2) is 12.8. The van der Waals surface area contributed by atoms with Crippen molar-refractivity contribution in [2.45, 2.75) is 19.3 Å². The molecule has 0 saturated heterocycles. The smallest absolute Gasteiger partial charge is 0.136 e. The zero-order valence-electron chi connectivity index (χ0n) is 33.6. The molecule has 1 heterocycles. The molecule has 1 nitrogen and oxygen atoms in total. The lowest BCUT2D eigenvalue weighted by molar-refractivity contribution is 0.665. The van der Waals surface area contributed by atoms with Crippen LogP contribution in [0.4, 0.5) is 0 Å². The number of hydrogen-bond acceptors (Lipinski definition) is 1. The molecule has 0 bridgehead atoms. The Bertz CT molecular complexity index is 3610. The molecule has 0 N–H and O–H groups in total. The summed E-state index contributed by atoms with van der Waals surface area (Å²) >= 11 is 0. The molecule has 0 radical (unpaired) electrons. The number of hydrogen-bond donors (Lipinski definition) is 0. The van der Waals surface area contributed by atoms with Gasteiger partial charge in [0.05, 0.1) is 0 Å². The van der Waals surface area contributed by atoms with Gasteiger partial charge < -0.3 is 4.42 Å². The maximum Gasteiger partial charge on any atom is 0.136 e. The van der Waals surface area contributed by atoms with Crippen LogP contribution in [0.2, 0.25) is 0 Å². The van der Waals surface area contributed by atoms with Gasteiger partial charge in [-0.15, -0.1) is 0 Å². The molecule has 0 aliphatic heterocycles. The molecule has 0 fully saturated rings. The first kappa shape index (κ1) is 34.6. The van der Waals surface area contributed by atoms with E-state index in [1.165, 1.54) is 98.4 Å². The van der Waals surface area contributed by atoms with Crippen LogP contribution in [-0.4, -0.2) is 0 Å². The van der Waals surface area contributed by atoms with Crippen molar-refractivity contribution in [2.24, 2.45) is 0 Å². The minimum absolute atomic E-state index is 0.200. The van der Waals surface area contributed by atoms with E-state index in [9.17, 15) is 0 Å². The van der Waals surface area contributed by atoms with Crippen molar-refractivity contribution in [2.75, 3.05) is 0 Å². The maximum atomic E-state index is 6.41. The second-order valence-electron chi connectivity index (χ2n) is 16.8. The number of benzene rings is 10. The van der Waals surface area contributed by atoms with E-state index in [2.05, 4.69) is 196 Å². The highest BCUT2D eigenvalue weighted by Crippen LogP contribution is 2.55. The van der Waals surface area contributed by atoms with Crippen molar-refractivity contribution >= 4 is 76.7 Å². The van der Waals surface area contributed by atoms with E-state index >= 15 is 0 Å². The highest BCUT2D eigenvalue weighted by atomic mass is 16.3. The fraction of sp³-hybridized carbons (Fsp3) is 0.0508. The van der Waals surface area contributed by atoms with Crippen LogP contribution in [0, 0.1) is 0 Å². The first-order valence-corrected chi connectivity index (χ1v) is 20.8. The van der Waals surface area contributed by atoms with Gasteiger partial charge >= 0.3 is 0 Å². The van der Waals surface area contributed by atoms with Gasteiger partial charge in [-0.1, -0.05) is 191 Å². The number of para-hydroxylation sites is 1. The Kier molecular flexibility index (Phi) is 7.35. The van der Waals surface area contributed by atoms with Crippen molar-refractivity contribution in [1.29, 1.82) is 0 Å². The van der Waals surface area contributed by atoms with Crippen LogP contribution >= 0.6 is 0 Å². The molecule has 0 atom stereocenters. The molecule has 11 aromatic rings. The van der Waals surface area contributed by atoms with E-state index in [1.54, 1.807) is 0 Å². The predicted octanol–water partition coefficient (Wildman–Crippen LogP) is 16.5. The normalized spacial score (nSPS) is 13.1. The van der Waals surface area contributed by atoms with Gasteiger partial charge in [0.2, 0.25) is 0 Å². The van der Waals surface area contributed by atoms with Gasteiger partial charge in [-0.2, -0.15) is 0 Å². The van der Waals surface area contributed by atoms with E-state index in [1.807, 2.05) is 6.08 Å². The lowest BCUT2D eigenvalue weighted by Crippen LogP contribution is -2.15. The number of fused-ring (bicyclic) bond motifs is 12. The molecular formula is C59H40O. The molecule has 0 unspecified atom stereocenters. The molecule has 0 amide bonds. The van der Waals surface area contributed by atoms with E-state index in [0.29, 0.717) is 0 Å². The zero-order valence-corrected chi connectivity index (χ0v) is 33.6. The summed E-state index contributed by atoms with van der Waals surface area (Å²) in [5.41, 5.74) is 16.3. The van der Waals surface area contributed by atoms with Crippen molar-refractivity contribution in [3.8, 4) is 33.4 Å². The fourth-order valence-corrected chi connectivity index (χ4v) is 10.7. The standard InChI is InChI=1S/C59H40O/c1-5-36-16-6-7-17-39(36)35(2)54-43-20-10-12-22-45(43)56(46-23-13-11-21-44(46)54)47-31-30-40(41-18-8-9-19-42(41)47)38-27-32-51-50(34-38)48-29-26-37-28-33-53-57(55(37)58(48)59(51,3)4)49-24-14-15-25-52(49)60-53/h5-34H,1-2H2,3-4H3. The van der Waals surface area contributed by atoms with Crippen LogP contribution in [0.5, 0.6) is 0 Å². The summed E-state index contributed by atoms with van der Waals surface area (Å²) in [7, 11) is 0. The second-order valence-corrected chi connectivity index (χ2v) is 16.8. The van der Waals surface area contributed by atoms with E-state index < -0.39 is 0 Å². The van der Waals surface area contributed by atoms with Crippen molar-refractivity contribution in [3.05, 3.63) is 217 Å². The Hall–Kier alpha value is -7.48. The summed E-state index contributed by atoms with van der Waals surface area (Å²) in [5, 5.41) is 12.2. The molecule has 0 saturated carbocycles. The highest BCUT2D eigenvalue weighted by Gasteiger charge is 2.38. The minimum atomic E-state index is -0.200. The molecule has 12 rings (SSSR count). The Morgan fingerprint density at radius 1 is 0.500 bits per heavy atom. The quantitative estimate of drug-likeness (QED) is 0.159. The van der Waals surface area contributed by atoms with E-state index in [-0.39, 0.29) is 5.41 Å². The molecule has 1 heteroatoms. The molecule has 1 aromatic heterocycles. The van der Waals surface area contributed by atoms with Gasteiger partial charge in [0, 0.05) is 16.2 Å². The molecule has 282 valence electrons. The summed E-state index contributed by atoms with van der Waals surface area (Å²) in [4.78, 5) is 0. The van der Waals surface area contributed by atoms with Crippen molar-refractivity contribution in [3.63, 3.8) is 0 Å². The van der Waals surface area contributed by atoms with Crippen LogP contribution in [0.3, 0.4) is 0 Å². The fourth-order valence-electron chi connectivity index (χ4n) is 10.7. The molecule has 1 aliphatic carbocycles. The number of rotatable bonds is 5. The van der Waals surface area contributed by atoms with Gasteiger partial charge in [-0.05, 0) is 128 Å². The third kappa shape index (κ3) is 4.75. The van der Waals surface area contributed by atoms with Crippen LogP contribution < -0.4 is 0 Å². The van der Waals surface area contributed by atoms with Crippen molar-refractivity contribution in [1.82, 2.24) is 0 Å². The molecule has 0 spiro atoms. The summed E-state index contributed by atoms with van der Waals surface area (Å²) < 4.78 is 6.41. The van der Waals surface area contributed by atoms with Crippen LogP contribution in [0.15, 0.2) is 193 Å². The SMILES string of the molecule is C=Cc1ccccc1C(=C)c1c2ccccc2c(-c2ccc(-c3ccc4c(c3)-c3ccc5ccc6oc7ccccc7c6c5c3C4(C)C)c3ccccc23)c2ccccc12. The molecule has 60 heavy (non-hydrogen) atoms. The van der Waals surface area contributed by atoms with Crippen LogP contribution in [-0.2, 0) is 5.41 Å². The molecule has 10 aromatic carbocycles. The van der Waals surface area contributed by atoms with Gasteiger partial charge in [-0.25, -0.2) is 0 Å². The molecular weight excluding hydrogens is 725 g/mol. The van der Waals surface area contributed by atoms with E-state index in [0.717, 1.165) is 33.4 Å². The van der Waals surface area contributed by atoms with Crippen LogP contribution in [0.25, 0.3) is 110 Å². The van der Waals surface area contributed by atoms with Gasteiger partial charge in [0.1, 0.15) is 11.2 Å². The maximum absolute atomic E-state index is 6.41. The van der Waals surface area contributed by atoms with E-state index in [4.69, 9.17) is 11.0 Å². The summed E-state index contributed by atoms with van der Waals surface area (Å²) in [6, 6.07) is 64.3. The Morgan fingerprint density at radius 2 is 1.08 bits per heavy atom. The lowest BCUT2D eigenvalue weighted by Gasteiger charge is -2.24. The largest absolute Gasteiger partial charge is 0.456 e. The average Bonchev–Trinajstić information content (AvgIpc) is 3.79. The van der Waals surface area contributed by atoms with Gasteiger partial charge in [0.25, 0.3) is 0 Å². The Balaban J connectivity index is 1.06. The Morgan fingerprint density at radius 3 is 1.82 bits per heavy atom. The lowest BCUT2D eigenvalue weighted by atomic mass is 9.79. The first-order chi connectivity index (χ1) is 29.4. The third-order valence-corrected chi connectivity index (χ3v) is 13.4. The highest BCUT2D eigenvalue weighted by molar-refractivity contribution is 6.24. The van der Waals surface area contributed by atoms with Crippen LogP contribution in [0.1, 0.15) is 41.7 Å². The van der Waals surface area contributed by atoms with Gasteiger partial charge in [-0.3, -0.25) is 0 Å². The average molecular weight is 765 g/mol. The third-order valence-electron chi connectivity index (χ3n) is 13.4.